The Bertz CT molecular complexity index is 3850. The van der Waals surface area contributed by atoms with Crippen LogP contribution >= 0.6 is 23.2 Å². The Morgan fingerprint density at radius 1 is 0.679 bits per heavy atom. The summed E-state index contributed by atoms with van der Waals surface area (Å²) >= 11 is 12.2. The van der Waals surface area contributed by atoms with Crippen molar-refractivity contribution in [3.63, 3.8) is 0 Å². The standard InChI is InChI=1S/C26H28N3.C23H16O6.C14H11Cl2NO2.Na/c1-19-17-21(20(2)29(19)24-9-7-6-8-10-24)11-13-23-14-12-22-18-25(27(3)4)15-16-26(22)28(23)5;24-20-16(14-7-3-1-5-12(14)9-18(20)22(26)27)11-17-15-8-4-2-6-13(15)10-19(21(17)25)23(28)29;1-8-6-7-10(15)13(12(8)16)17-11-5-3-2-4-9(11)14(18)19;/h6-18H,1-5H3;1-10,24-25H,11H2,(H,26,27)(H,28,29);2-7,17H,1H3,(H,18,19);/q+1;;;+1/p-2. The Balaban J connectivity index is 0.000000173. The minimum absolute atomic E-state index is 0. The number of carbonyl (C=O) groups is 3. The van der Waals surface area contributed by atoms with Crippen LogP contribution in [0.25, 0.3) is 50.3 Å². The number of pyridine rings is 1. The molecule has 0 atom stereocenters. The number of aromatic nitrogens is 2. The van der Waals surface area contributed by atoms with E-state index in [0.717, 1.165) is 5.56 Å². The molecule has 0 bridgehead atoms. The van der Waals surface area contributed by atoms with Crippen LogP contribution in [-0.4, -0.2) is 51.9 Å². The number of nitrogens with zero attached hydrogens (tertiary/aromatic N) is 3. The van der Waals surface area contributed by atoms with Crippen LogP contribution in [0.4, 0.5) is 17.1 Å². The van der Waals surface area contributed by atoms with E-state index in [2.05, 4.69) is 133 Å². The fourth-order valence-corrected chi connectivity index (χ4v) is 9.77. The van der Waals surface area contributed by atoms with E-state index < -0.39 is 29.4 Å². The van der Waals surface area contributed by atoms with E-state index in [1.54, 1.807) is 78.9 Å². The molecule has 15 heteroatoms. The molecule has 0 unspecified atom stereocenters. The Morgan fingerprint density at radius 3 is 1.92 bits per heavy atom. The first-order valence-corrected chi connectivity index (χ1v) is 25.1. The minimum Gasteiger partial charge on any atom is -0.872 e. The van der Waals surface area contributed by atoms with Crippen molar-refractivity contribution in [3.05, 3.63) is 230 Å². The summed E-state index contributed by atoms with van der Waals surface area (Å²) in [5.74, 6) is -4.97. The van der Waals surface area contributed by atoms with Gasteiger partial charge in [0.25, 0.3) is 0 Å². The van der Waals surface area contributed by atoms with Crippen molar-refractivity contribution in [1.29, 1.82) is 0 Å². The number of carbonyl (C=O) groups excluding carboxylic acids is 1. The third-order valence-electron chi connectivity index (χ3n) is 13.4. The minimum atomic E-state index is -1.34. The Kier molecular flexibility index (Phi) is 18.4. The molecule has 0 spiro atoms. The number of aromatic hydroxyl groups is 1. The van der Waals surface area contributed by atoms with Crippen molar-refractivity contribution in [3.8, 4) is 17.2 Å². The van der Waals surface area contributed by atoms with Crippen LogP contribution in [0.3, 0.4) is 0 Å². The third-order valence-corrected chi connectivity index (χ3v) is 14.2. The first kappa shape index (κ1) is 57.6. The van der Waals surface area contributed by atoms with E-state index in [4.69, 9.17) is 23.2 Å². The van der Waals surface area contributed by atoms with E-state index in [1.807, 2.05) is 6.92 Å². The second-order valence-corrected chi connectivity index (χ2v) is 19.3. The van der Waals surface area contributed by atoms with Crippen molar-refractivity contribution in [2.75, 3.05) is 24.3 Å². The molecule has 10 rings (SSSR count). The number of halogens is 2. The van der Waals surface area contributed by atoms with Crippen LogP contribution in [0.2, 0.25) is 10.0 Å². The number of carboxylic acids is 3. The first-order chi connectivity index (χ1) is 36.8. The molecule has 0 aliphatic carbocycles. The second-order valence-electron chi connectivity index (χ2n) is 18.5. The molecule has 2 heterocycles. The van der Waals surface area contributed by atoms with Crippen molar-refractivity contribution >= 4 is 103 Å². The summed E-state index contributed by atoms with van der Waals surface area (Å²) in [4.78, 5) is 36.3. The van der Waals surface area contributed by atoms with Gasteiger partial charge in [-0.25, -0.2) is 9.59 Å². The van der Waals surface area contributed by atoms with Crippen LogP contribution in [0, 0.1) is 20.8 Å². The van der Waals surface area contributed by atoms with Gasteiger partial charge in [0.05, 0.1) is 27.3 Å². The van der Waals surface area contributed by atoms with Gasteiger partial charge in [0.1, 0.15) is 18.4 Å². The molecule has 8 aromatic carbocycles. The van der Waals surface area contributed by atoms with Crippen molar-refractivity contribution in [2.45, 2.75) is 27.2 Å². The summed E-state index contributed by atoms with van der Waals surface area (Å²) in [5, 5.41) is 60.9. The van der Waals surface area contributed by atoms with Crippen molar-refractivity contribution in [2.24, 2.45) is 7.05 Å². The van der Waals surface area contributed by atoms with Crippen molar-refractivity contribution in [1.82, 2.24) is 4.57 Å². The van der Waals surface area contributed by atoms with Gasteiger partial charge in [-0.05, 0) is 126 Å². The summed E-state index contributed by atoms with van der Waals surface area (Å²) in [6, 6.07) is 50.2. The summed E-state index contributed by atoms with van der Waals surface area (Å²) in [6.45, 7) is 6.19. The largest absolute Gasteiger partial charge is 1.00 e. The fraction of sp³-hybridized carbons (Fsp3) is 0.111. The molecule has 4 N–H and O–H groups in total. The van der Waals surface area contributed by atoms with Crippen LogP contribution in [0.1, 0.15) is 70.4 Å². The molecule has 2 aromatic heterocycles. The Hall–Kier alpha value is -8.10. The van der Waals surface area contributed by atoms with Gasteiger partial charge in [0.2, 0.25) is 11.2 Å². The number of carboxylic acid groups (broad SMARTS) is 3. The van der Waals surface area contributed by atoms with Crippen molar-refractivity contribution < 1.29 is 74.0 Å². The predicted molar refractivity (Wildman–Crippen MR) is 305 cm³/mol. The number of hydrogen-bond donors (Lipinski definition) is 4. The topological polar surface area (TPSA) is 182 Å². The molecule has 0 amide bonds. The maximum Gasteiger partial charge on any atom is 1.00 e. The number of hydrogen-bond acceptors (Lipinski definition) is 8. The molecule has 388 valence electrons. The van der Waals surface area contributed by atoms with E-state index in [1.165, 1.54) is 63.1 Å². The molecule has 0 saturated carbocycles. The number of phenols is 1. The normalized spacial score (nSPS) is 10.9. The number of fused-ring (bicyclic) bond motifs is 3. The van der Waals surface area contributed by atoms with E-state index in [-0.39, 0.29) is 63.8 Å². The van der Waals surface area contributed by atoms with Gasteiger partial charge >= 0.3 is 41.5 Å². The summed E-state index contributed by atoms with van der Waals surface area (Å²) in [6.07, 6.45) is 4.32. The van der Waals surface area contributed by atoms with Gasteiger partial charge in [0.15, 0.2) is 0 Å². The second kappa shape index (κ2) is 24.9. The maximum absolute atomic E-state index is 12.9. The zero-order valence-corrected chi connectivity index (χ0v) is 47.4. The fourth-order valence-electron chi connectivity index (χ4n) is 9.30. The maximum atomic E-state index is 12.9. The number of benzene rings is 8. The van der Waals surface area contributed by atoms with Gasteiger partial charge in [-0.3, -0.25) is 0 Å². The molecule has 10 aromatic rings. The SMILES string of the molecule is Cc1cc(C=Cc2ccc3cc(N(C)C)ccc3[n+]2C)c(C)n1-c1ccccc1.Cc1ccc(Cl)c(Nc2ccccc2C(=O)[O-])c1Cl.O=C(O)c1cc2ccccc2c(Cc2c(O)c(C(=O)O)cc3ccccc23)c1[O-].[Na+]. The first-order valence-electron chi connectivity index (χ1n) is 24.3. The summed E-state index contributed by atoms with van der Waals surface area (Å²) in [7, 11) is 6.28. The molecule has 0 aliphatic heterocycles. The number of rotatable bonds is 11. The van der Waals surface area contributed by atoms with E-state index >= 15 is 0 Å². The molecule has 0 radical (unpaired) electrons. The number of aryl methyl sites for hydroxylation is 3. The third kappa shape index (κ3) is 12.3. The molecular weight excluding hydrogens is 1030 g/mol. The average molecular weight is 1090 g/mol. The van der Waals surface area contributed by atoms with E-state index in [9.17, 15) is 39.9 Å². The number of aromatic carboxylic acids is 3. The summed E-state index contributed by atoms with van der Waals surface area (Å²) in [5.41, 5.74) is 10.2. The summed E-state index contributed by atoms with van der Waals surface area (Å²) < 4.78 is 4.56. The van der Waals surface area contributed by atoms with Gasteiger partial charge in [-0.2, -0.15) is 4.57 Å². The Labute approximate surface area is 483 Å². The number of para-hydroxylation sites is 2. The smallest absolute Gasteiger partial charge is 0.872 e. The average Bonchev–Trinajstić information content (AvgIpc) is 3.84. The monoisotopic (exact) mass is 1090 g/mol. The zero-order valence-electron chi connectivity index (χ0n) is 43.9. The predicted octanol–water partition coefficient (Wildman–Crippen LogP) is 9.48. The molecule has 0 fully saturated rings. The molecule has 12 nitrogen and oxygen atoms in total. The molecule has 0 saturated heterocycles. The van der Waals surface area contributed by atoms with Gasteiger partial charge in [0, 0.05) is 83.7 Å². The zero-order chi connectivity index (χ0) is 55.2. The van der Waals surface area contributed by atoms with Gasteiger partial charge in [-0.1, -0.05) is 120 Å². The van der Waals surface area contributed by atoms with Gasteiger partial charge in [-0.15, -0.1) is 0 Å². The molecule has 0 aliphatic rings. The van der Waals surface area contributed by atoms with Gasteiger partial charge < -0.3 is 45.1 Å². The van der Waals surface area contributed by atoms with Crippen LogP contribution < -0.4 is 54.6 Å². The quantitative estimate of drug-likeness (QED) is 0.0720. The van der Waals surface area contributed by atoms with Crippen LogP contribution in [0.5, 0.6) is 11.5 Å². The Morgan fingerprint density at radius 2 is 1.28 bits per heavy atom. The molecular formula is C63H53Cl2N4NaO8. The van der Waals surface area contributed by atoms with Crippen LogP contribution in [-0.2, 0) is 13.5 Å². The van der Waals surface area contributed by atoms with Crippen LogP contribution in [0.15, 0.2) is 164 Å². The van der Waals surface area contributed by atoms with E-state index in [0.29, 0.717) is 43.0 Å². The number of nitrogens with one attached hydrogen (secondary N) is 1. The number of anilines is 3. The molecule has 78 heavy (non-hydrogen) atoms.